The molecule has 1 amide bonds. The zero-order valence-corrected chi connectivity index (χ0v) is 12.5. The summed E-state index contributed by atoms with van der Waals surface area (Å²) in [7, 11) is 0. The van der Waals surface area contributed by atoms with Crippen molar-refractivity contribution in [2.75, 3.05) is 4.90 Å². The van der Waals surface area contributed by atoms with Crippen LogP contribution in [0.2, 0.25) is 0 Å². The smallest absolute Gasteiger partial charge is 0.267 e. The fourth-order valence-electron chi connectivity index (χ4n) is 2.04. The molecule has 0 aliphatic carbocycles. The minimum absolute atomic E-state index is 0.118. The second kappa shape index (κ2) is 5.26. The molecule has 0 fully saturated rings. The summed E-state index contributed by atoms with van der Waals surface area (Å²) in [5, 5.41) is 2.32. The number of thiocarbonyl (C=S) groups is 1. The van der Waals surface area contributed by atoms with Crippen LogP contribution in [0.5, 0.6) is 0 Å². The van der Waals surface area contributed by atoms with Gasteiger partial charge in [-0.1, -0.05) is 23.8 Å². The number of thiophene rings is 1. The largest absolute Gasteiger partial charge is 0.279 e. The zero-order chi connectivity index (χ0) is 14.1. The molecule has 2 aromatic rings. The predicted octanol–water partition coefficient (Wildman–Crippen LogP) is 3.37. The SMILES string of the molecule is Cc1ccc(N2C(=O)C(Cc3cccs3)=NC2=S)cc1. The van der Waals surface area contributed by atoms with Crippen LogP contribution in [-0.4, -0.2) is 16.7 Å². The van der Waals surface area contributed by atoms with Gasteiger partial charge in [0, 0.05) is 11.3 Å². The lowest BCUT2D eigenvalue weighted by atomic mass is 10.2. The minimum Gasteiger partial charge on any atom is -0.267 e. The number of aryl methyl sites for hydroxylation is 1. The van der Waals surface area contributed by atoms with Gasteiger partial charge in [-0.25, -0.2) is 4.99 Å². The van der Waals surface area contributed by atoms with Gasteiger partial charge in [-0.3, -0.25) is 9.69 Å². The molecule has 0 radical (unpaired) electrons. The van der Waals surface area contributed by atoms with Crippen LogP contribution >= 0.6 is 23.6 Å². The fourth-order valence-corrected chi connectivity index (χ4v) is 3.05. The molecule has 2 heterocycles. The van der Waals surface area contributed by atoms with E-state index in [4.69, 9.17) is 12.2 Å². The van der Waals surface area contributed by atoms with Crippen LogP contribution in [0.3, 0.4) is 0 Å². The molecular weight excluding hydrogens is 288 g/mol. The number of anilines is 1. The van der Waals surface area contributed by atoms with Crippen molar-refractivity contribution in [1.82, 2.24) is 0 Å². The Bertz CT molecular complexity index is 687. The predicted molar refractivity (Wildman–Crippen MR) is 86.7 cm³/mol. The highest BCUT2D eigenvalue weighted by molar-refractivity contribution is 7.80. The fraction of sp³-hybridized carbons (Fsp3) is 0.133. The first-order valence-electron chi connectivity index (χ1n) is 6.20. The van der Waals surface area contributed by atoms with E-state index in [0.29, 0.717) is 17.2 Å². The summed E-state index contributed by atoms with van der Waals surface area (Å²) in [6.45, 7) is 2.01. The highest BCUT2D eigenvalue weighted by atomic mass is 32.1. The molecule has 0 bridgehead atoms. The molecule has 0 unspecified atom stereocenters. The summed E-state index contributed by atoms with van der Waals surface area (Å²) in [6.07, 6.45) is 0.541. The highest BCUT2D eigenvalue weighted by Crippen LogP contribution is 2.22. The first-order valence-corrected chi connectivity index (χ1v) is 7.49. The standard InChI is InChI=1S/C15H12N2OS2/c1-10-4-6-11(7-5-10)17-14(18)13(16-15(17)19)9-12-3-2-8-20-12/h2-8H,9H2,1H3. The number of carbonyl (C=O) groups excluding carboxylic acids is 1. The molecule has 0 saturated carbocycles. The second-order valence-electron chi connectivity index (χ2n) is 4.57. The van der Waals surface area contributed by atoms with Gasteiger partial charge in [0.2, 0.25) is 5.11 Å². The van der Waals surface area contributed by atoms with E-state index >= 15 is 0 Å². The zero-order valence-electron chi connectivity index (χ0n) is 10.9. The van der Waals surface area contributed by atoms with Crippen molar-refractivity contribution in [2.45, 2.75) is 13.3 Å². The summed E-state index contributed by atoms with van der Waals surface area (Å²) < 4.78 is 0. The number of amides is 1. The molecule has 3 rings (SSSR count). The molecule has 5 heteroatoms. The van der Waals surface area contributed by atoms with Gasteiger partial charge in [0.1, 0.15) is 5.71 Å². The normalized spacial score (nSPS) is 14.8. The first-order chi connectivity index (χ1) is 9.65. The summed E-state index contributed by atoms with van der Waals surface area (Å²) in [6, 6.07) is 11.7. The summed E-state index contributed by atoms with van der Waals surface area (Å²) >= 11 is 6.84. The number of nitrogens with zero attached hydrogens (tertiary/aromatic N) is 2. The van der Waals surface area contributed by atoms with Crippen molar-refractivity contribution in [3.8, 4) is 0 Å². The van der Waals surface area contributed by atoms with E-state index in [1.165, 1.54) is 4.90 Å². The third-order valence-corrected chi connectivity index (χ3v) is 4.24. The van der Waals surface area contributed by atoms with Crippen molar-refractivity contribution < 1.29 is 4.79 Å². The van der Waals surface area contributed by atoms with Gasteiger partial charge in [-0.2, -0.15) is 0 Å². The molecule has 0 N–H and O–H groups in total. The van der Waals surface area contributed by atoms with Gasteiger partial charge in [-0.05, 0) is 42.7 Å². The number of aliphatic imine (C=N–C) groups is 1. The molecule has 0 spiro atoms. The van der Waals surface area contributed by atoms with E-state index in [0.717, 1.165) is 16.1 Å². The lowest BCUT2D eigenvalue weighted by Gasteiger charge is -2.15. The van der Waals surface area contributed by atoms with Crippen molar-refractivity contribution in [3.05, 3.63) is 52.2 Å². The molecular formula is C15H12N2OS2. The maximum atomic E-state index is 12.4. The maximum absolute atomic E-state index is 12.4. The van der Waals surface area contributed by atoms with Crippen LogP contribution in [-0.2, 0) is 11.2 Å². The third-order valence-electron chi connectivity index (χ3n) is 3.09. The average molecular weight is 300 g/mol. The van der Waals surface area contributed by atoms with Gasteiger partial charge in [0.25, 0.3) is 5.91 Å². The molecule has 100 valence electrons. The molecule has 0 atom stereocenters. The first kappa shape index (κ1) is 13.1. The van der Waals surface area contributed by atoms with E-state index in [-0.39, 0.29) is 5.91 Å². The second-order valence-corrected chi connectivity index (χ2v) is 5.97. The van der Waals surface area contributed by atoms with Crippen LogP contribution in [0.4, 0.5) is 5.69 Å². The van der Waals surface area contributed by atoms with Crippen LogP contribution in [0.25, 0.3) is 0 Å². The Morgan fingerprint density at radius 3 is 2.65 bits per heavy atom. The summed E-state index contributed by atoms with van der Waals surface area (Å²) in [5.74, 6) is -0.118. The lowest BCUT2D eigenvalue weighted by Crippen LogP contribution is -2.32. The highest BCUT2D eigenvalue weighted by Gasteiger charge is 2.31. The minimum atomic E-state index is -0.118. The van der Waals surface area contributed by atoms with Gasteiger partial charge in [0.05, 0.1) is 5.69 Å². The monoisotopic (exact) mass is 300 g/mol. The van der Waals surface area contributed by atoms with Crippen LogP contribution in [0.15, 0.2) is 46.8 Å². The van der Waals surface area contributed by atoms with Gasteiger partial charge < -0.3 is 0 Å². The van der Waals surface area contributed by atoms with E-state index in [1.807, 2.05) is 48.7 Å². The number of hydrogen-bond donors (Lipinski definition) is 0. The molecule has 1 aromatic heterocycles. The third kappa shape index (κ3) is 2.42. The molecule has 1 aliphatic rings. The van der Waals surface area contributed by atoms with Crippen molar-refractivity contribution >= 4 is 46.0 Å². The van der Waals surface area contributed by atoms with E-state index < -0.39 is 0 Å². The van der Waals surface area contributed by atoms with Crippen LogP contribution < -0.4 is 4.90 Å². The number of rotatable bonds is 3. The number of hydrogen-bond acceptors (Lipinski definition) is 3. The number of benzene rings is 1. The Hall–Kier alpha value is -1.85. The van der Waals surface area contributed by atoms with Gasteiger partial charge in [-0.15, -0.1) is 11.3 Å². The molecule has 0 saturated heterocycles. The topological polar surface area (TPSA) is 32.7 Å². The molecule has 20 heavy (non-hydrogen) atoms. The average Bonchev–Trinajstić information content (AvgIpc) is 3.02. The number of carbonyl (C=O) groups is 1. The van der Waals surface area contributed by atoms with Crippen molar-refractivity contribution in [3.63, 3.8) is 0 Å². The maximum Gasteiger partial charge on any atom is 0.279 e. The summed E-state index contributed by atoms with van der Waals surface area (Å²) in [5.41, 5.74) is 2.43. The van der Waals surface area contributed by atoms with Crippen LogP contribution in [0.1, 0.15) is 10.4 Å². The molecule has 1 aromatic carbocycles. The van der Waals surface area contributed by atoms with E-state index in [1.54, 1.807) is 11.3 Å². The van der Waals surface area contributed by atoms with Crippen molar-refractivity contribution in [1.29, 1.82) is 0 Å². The Morgan fingerprint density at radius 1 is 1.25 bits per heavy atom. The Labute approximate surface area is 126 Å². The van der Waals surface area contributed by atoms with E-state index in [9.17, 15) is 4.79 Å². The van der Waals surface area contributed by atoms with Gasteiger partial charge in [0.15, 0.2) is 0 Å². The Morgan fingerprint density at radius 2 is 2.00 bits per heavy atom. The molecule has 1 aliphatic heterocycles. The Kier molecular flexibility index (Phi) is 3.46. The van der Waals surface area contributed by atoms with Gasteiger partial charge >= 0.3 is 0 Å². The van der Waals surface area contributed by atoms with E-state index in [2.05, 4.69) is 4.99 Å². The lowest BCUT2D eigenvalue weighted by molar-refractivity contribution is -0.111. The molecule has 3 nitrogen and oxygen atoms in total. The van der Waals surface area contributed by atoms with Crippen molar-refractivity contribution in [2.24, 2.45) is 4.99 Å². The Balaban J connectivity index is 1.85. The summed E-state index contributed by atoms with van der Waals surface area (Å²) in [4.78, 5) is 19.3. The quantitative estimate of drug-likeness (QED) is 0.814. The van der Waals surface area contributed by atoms with Crippen LogP contribution in [0, 0.1) is 6.92 Å².